The molecule has 4 nitrogen and oxygen atoms in total. The van der Waals surface area contributed by atoms with Crippen molar-refractivity contribution in [1.82, 2.24) is 10.3 Å². The summed E-state index contributed by atoms with van der Waals surface area (Å²) in [6.45, 7) is 9.43. The monoisotopic (exact) mass is 328 g/mol. The van der Waals surface area contributed by atoms with Crippen LogP contribution in [0.4, 0.5) is 0 Å². The molecular formula is C19H31BN3O+. The van der Waals surface area contributed by atoms with Gasteiger partial charge < -0.3 is 4.74 Å². The van der Waals surface area contributed by atoms with Gasteiger partial charge in [0.2, 0.25) is 0 Å². The number of nitrogens with one attached hydrogen (secondary N) is 1. The summed E-state index contributed by atoms with van der Waals surface area (Å²) in [5.74, 6) is 1.09. The molecule has 2 heterocycles. The molecule has 0 amide bonds. The third-order valence-electron chi connectivity index (χ3n) is 4.96. The maximum atomic E-state index is 6.24. The normalized spacial score (nSPS) is 17.8. The van der Waals surface area contributed by atoms with E-state index in [1.54, 1.807) is 0 Å². The zero-order valence-electron chi connectivity index (χ0n) is 15.7. The SMILES string of the molecule is C=C(CCN1CC(Oc2ccc3c(c2C)BCC3)C1)N[N+](C)(C)C. The number of fused-ring (bicyclic) bond motifs is 1. The van der Waals surface area contributed by atoms with Crippen LogP contribution in [-0.4, -0.2) is 63.7 Å². The molecule has 1 aromatic carbocycles. The van der Waals surface area contributed by atoms with Crippen molar-refractivity contribution in [2.45, 2.75) is 32.2 Å². The molecule has 1 fully saturated rings. The zero-order valence-corrected chi connectivity index (χ0v) is 15.7. The fourth-order valence-electron chi connectivity index (χ4n) is 3.74. The molecule has 2 aliphatic rings. The third-order valence-corrected chi connectivity index (χ3v) is 4.96. The number of quaternary nitrogens is 1. The first-order valence-corrected chi connectivity index (χ1v) is 9.10. The second-order valence-electron chi connectivity index (χ2n) is 8.16. The van der Waals surface area contributed by atoms with E-state index in [0.717, 1.165) is 37.5 Å². The average Bonchev–Trinajstić information content (AvgIpc) is 2.90. The first kappa shape index (κ1) is 17.4. The molecule has 24 heavy (non-hydrogen) atoms. The Morgan fingerprint density at radius 3 is 2.83 bits per heavy atom. The number of benzene rings is 1. The molecule has 3 rings (SSSR count). The summed E-state index contributed by atoms with van der Waals surface area (Å²) in [5, 5.41) is 0. The van der Waals surface area contributed by atoms with Gasteiger partial charge in [-0.15, -0.1) is 0 Å². The predicted octanol–water partition coefficient (Wildman–Crippen LogP) is 1.21. The summed E-state index contributed by atoms with van der Waals surface area (Å²) in [4.78, 5) is 2.44. The van der Waals surface area contributed by atoms with Crippen LogP contribution >= 0.6 is 0 Å². The third kappa shape index (κ3) is 4.14. The fraction of sp³-hybridized carbons (Fsp3) is 0.579. The molecule has 1 saturated heterocycles. The Balaban J connectivity index is 1.42. The quantitative estimate of drug-likeness (QED) is 0.463. The van der Waals surface area contributed by atoms with Crippen molar-refractivity contribution in [3.05, 3.63) is 35.5 Å². The van der Waals surface area contributed by atoms with E-state index in [4.69, 9.17) is 4.74 Å². The Bertz CT molecular complexity index is 618. The first-order valence-electron chi connectivity index (χ1n) is 9.10. The van der Waals surface area contributed by atoms with Gasteiger partial charge in [0.05, 0.1) is 26.8 Å². The highest BCUT2D eigenvalue weighted by Gasteiger charge is 2.29. The molecule has 0 bridgehead atoms. The van der Waals surface area contributed by atoms with Crippen LogP contribution in [0.25, 0.3) is 0 Å². The summed E-state index contributed by atoms with van der Waals surface area (Å²) in [6.07, 6.45) is 3.85. The average molecular weight is 328 g/mol. The van der Waals surface area contributed by atoms with Crippen molar-refractivity contribution in [3.63, 3.8) is 0 Å². The maximum Gasteiger partial charge on any atom is 0.158 e. The number of rotatable bonds is 7. The minimum atomic E-state index is 0.336. The lowest BCUT2D eigenvalue weighted by atomic mass is 9.70. The number of hydrogen-bond acceptors (Lipinski definition) is 3. The lowest BCUT2D eigenvalue weighted by Gasteiger charge is -2.39. The molecule has 0 unspecified atom stereocenters. The van der Waals surface area contributed by atoms with Crippen LogP contribution in [0.2, 0.25) is 6.32 Å². The minimum absolute atomic E-state index is 0.336. The number of aryl methyl sites for hydroxylation is 1. The molecule has 5 heteroatoms. The van der Waals surface area contributed by atoms with Crippen LogP contribution in [0, 0.1) is 6.92 Å². The Labute approximate surface area is 147 Å². The van der Waals surface area contributed by atoms with Gasteiger partial charge in [0.1, 0.15) is 11.9 Å². The Morgan fingerprint density at radius 2 is 2.12 bits per heavy atom. The molecule has 0 radical (unpaired) electrons. The van der Waals surface area contributed by atoms with Crippen molar-refractivity contribution in [3.8, 4) is 5.75 Å². The van der Waals surface area contributed by atoms with Crippen LogP contribution in [0.3, 0.4) is 0 Å². The van der Waals surface area contributed by atoms with Gasteiger partial charge in [-0.05, 0) is 25.0 Å². The number of nitrogens with zero attached hydrogens (tertiary/aromatic N) is 2. The maximum absolute atomic E-state index is 6.24. The molecule has 0 atom stereocenters. The molecule has 1 aromatic rings. The molecule has 130 valence electrons. The smallest absolute Gasteiger partial charge is 0.158 e. The predicted molar refractivity (Wildman–Crippen MR) is 102 cm³/mol. The van der Waals surface area contributed by atoms with Gasteiger partial charge in [0.15, 0.2) is 7.28 Å². The Hall–Kier alpha value is -1.46. The Morgan fingerprint density at radius 1 is 1.38 bits per heavy atom. The van der Waals surface area contributed by atoms with Crippen LogP contribution < -0.4 is 15.6 Å². The lowest BCUT2D eigenvalue weighted by molar-refractivity contribution is -0.910. The van der Waals surface area contributed by atoms with Crippen LogP contribution in [-0.2, 0) is 6.42 Å². The van der Waals surface area contributed by atoms with Crippen molar-refractivity contribution in [2.24, 2.45) is 0 Å². The zero-order chi connectivity index (χ0) is 17.3. The molecule has 0 spiro atoms. The van der Waals surface area contributed by atoms with Gasteiger partial charge in [0, 0.05) is 26.1 Å². The standard InChI is InChI=1S/C19H31BN3O/c1-14(21-23(3,4)5)9-11-22-12-17(13-22)24-18-7-6-16-8-10-20-19(16)15(18)2/h6-7,17,20-21H,1,8-13H2,2-5H3/q+1. The highest BCUT2D eigenvalue weighted by molar-refractivity contribution is 6.56. The van der Waals surface area contributed by atoms with E-state index in [9.17, 15) is 0 Å². The van der Waals surface area contributed by atoms with E-state index in [1.165, 1.54) is 36.6 Å². The molecule has 1 N–H and O–H groups in total. The van der Waals surface area contributed by atoms with Crippen molar-refractivity contribution in [1.29, 1.82) is 0 Å². The first-order chi connectivity index (χ1) is 11.3. The lowest BCUT2D eigenvalue weighted by Crippen LogP contribution is -2.54. The van der Waals surface area contributed by atoms with E-state index in [-0.39, 0.29) is 0 Å². The summed E-state index contributed by atoms with van der Waals surface area (Å²) < 4.78 is 6.95. The van der Waals surface area contributed by atoms with E-state index < -0.39 is 0 Å². The van der Waals surface area contributed by atoms with Crippen molar-refractivity contribution in [2.75, 3.05) is 40.8 Å². The summed E-state index contributed by atoms with van der Waals surface area (Å²) in [6, 6.07) is 4.44. The molecule has 0 aromatic heterocycles. The van der Waals surface area contributed by atoms with Crippen molar-refractivity contribution < 1.29 is 9.33 Å². The highest BCUT2D eigenvalue weighted by Crippen LogP contribution is 2.24. The minimum Gasteiger partial charge on any atom is -0.488 e. The highest BCUT2D eigenvalue weighted by atomic mass is 16.5. The van der Waals surface area contributed by atoms with Crippen LogP contribution in [0.15, 0.2) is 24.4 Å². The number of likely N-dealkylation sites (tertiary alicyclic amines) is 1. The van der Waals surface area contributed by atoms with E-state index >= 15 is 0 Å². The second-order valence-corrected chi connectivity index (χ2v) is 8.16. The molecular weight excluding hydrogens is 297 g/mol. The van der Waals surface area contributed by atoms with Gasteiger partial charge in [-0.1, -0.05) is 30.0 Å². The van der Waals surface area contributed by atoms with Gasteiger partial charge in [-0.25, -0.2) is 10.0 Å². The fourth-order valence-corrected chi connectivity index (χ4v) is 3.74. The molecule has 0 aliphatic carbocycles. The Kier molecular flexibility index (Phi) is 4.93. The van der Waals surface area contributed by atoms with Crippen molar-refractivity contribution >= 4 is 12.7 Å². The topological polar surface area (TPSA) is 24.5 Å². The molecule has 0 saturated carbocycles. The largest absolute Gasteiger partial charge is 0.488 e. The van der Waals surface area contributed by atoms with Crippen LogP contribution in [0.5, 0.6) is 5.75 Å². The number of hydrogen-bond donors (Lipinski definition) is 1. The van der Waals surface area contributed by atoms with E-state index in [1.807, 2.05) is 0 Å². The van der Waals surface area contributed by atoms with Gasteiger partial charge in [-0.2, -0.15) is 0 Å². The number of ether oxygens (including phenoxy) is 1. The van der Waals surface area contributed by atoms with Gasteiger partial charge in [-0.3, -0.25) is 4.90 Å². The van der Waals surface area contributed by atoms with Crippen LogP contribution in [0.1, 0.15) is 17.5 Å². The van der Waals surface area contributed by atoms with Gasteiger partial charge >= 0.3 is 0 Å². The van der Waals surface area contributed by atoms with E-state index in [0.29, 0.717) is 10.7 Å². The summed E-state index contributed by atoms with van der Waals surface area (Å²) >= 11 is 0. The summed E-state index contributed by atoms with van der Waals surface area (Å²) in [7, 11) is 7.55. The summed E-state index contributed by atoms with van der Waals surface area (Å²) in [5.41, 5.74) is 8.91. The second kappa shape index (κ2) is 6.81. The molecule has 2 aliphatic heterocycles. The van der Waals surface area contributed by atoms with E-state index in [2.05, 4.69) is 57.1 Å². The van der Waals surface area contributed by atoms with Gasteiger partial charge in [0.25, 0.3) is 0 Å².